The second kappa shape index (κ2) is 8.23. The Hall–Kier alpha value is -2.89. The molecule has 0 bridgehead atoms. The molecule has 0 aliphatic carbocycles. The highest BCUT2D eigenvalue weighted by Crippen LogP contribution is 2.30. The molecule has 4 aromatic rings. The van der Waals surface area contributed by atoms with Gasteiger partial charge < -0.3 is 9.73 Å². The summed E-state index contributed by atoms with van der Waals surface area (Å²) in [4.78, 5) is 0. The molecule has 1 heterocycles. The van der Waals surface area contributed by atoms with Crippen LogP contribution in [0.5, 0.6) is 0 Å². The third kappa shape index (κ3) is 4.42. The molecular formula is C22H16Cl2FN3O. The van der Waals surface area contributed by atoms with Crippen LogP contribution >= 0.6 is 23.2 Å². The van der Waals surface area contributed by atoms with E-state index in [-0.39, 0.29) is 11.7 Å². The normalized spacial score (nSPS) is 12.0. The van der Waals surface area contributed by atoms with Gasteiger partial charge in [-0.2, -0.15) is 0 Å². The molecule has 1 N–H and O–H groups in total. The first-order chi connectivity index (χ1) is 14.0. The van der Waals surface area contributed by atoms with Crippen LogP contribution < -0.4 is 5.32 Å². The molecule has 0 aliphatic rings. The van der Waals surface area contributed by atoms with Crippen LogP contribution in [0.15, 0.2) is 71.1 Å². The molecule has 0 aliphatic heterocycles. The fraction of sp³-hybridized carbons (Fsp3) is 0.0909. The molecule has 1 atom stereocenters. The van der Waals surface area contributed by atoms with Crippen molar-refractivity contribution in [2.24, 2.45) is 0 Å². The number of hydrogen-bond acceptors (Lipinski definition) is 4. The second-order valence-corrected chi connectivity index (χ2v) is 7.39. The van der Waals surface area contributed by atoms with Gasteiger partial charge in [0, 0.05) is 21.3 Å². The van der Waals surface area contributed by atoms with Gasteiger partial charge in [-0.15, -0.1) is 10.2 Å². The van der Waals surface area contributed by atoms with Crippen molar-refractivity contribution >= 4 is 28.9 Å². The molecule has 0 spiro atoms. The van der Waals surface area contributed by atoms with Crippen molar-refractivity contribution in [1.82, 2.24) is 10.2 Å². The average Bonchev–Trinajstić information content (AvgIpc) is 3.20. The van der Waals surface area contributed by atoms with E-state index in [1.807, 2.05) is 37.3 Å². The lowest BCUT2D eigenvalue weighted by Gasteiger charge is -2.17. The van der Waals surface area contributed by atoms with Crippen LogP contribution in [0, 0.1) is 12.7 Å². The Kier molecular flexibility index (Phi) is 5.51. The van der Waals surface area contributed by atoms with E-state index in [1.165, 1.54) is 12.1 Å². The van der Waals surface area contributed by atoms with Gasteiger partial charge in [0.1, 0.15) is 11.9 Å². The Bertz CT molecular complexity index is 1150. The van der Waals surface area contributed by atoms with Crippen LogP contribution in [0.25, 0.3) is 11.5 Å². The summed E-state index contributed by atoms with van der Waals surface area (Å²) >= 11 is 12.3. The minimum absolute atomic E-state index is 0.238. The van der Waals surface area contributed by atoms with Crippen molar-refractivity contribution in [3.8, 4) is 11.5 Å². The Morgan fingerprint density at radius 2 is 1.76 bits per heavy atom. The van der Waals surface area contributed by atoms with Crippen molar-refractivity contribution < 1.29 is 8.81 Å². The first-order valence-corrected chi connectivity index (χ1v) is 9.63. The third-order valence-electron chi connectivity index (χ3n) is 4.45. The molecule has 4 nitrogen and oxygen atoms in total. The van der Waals surface area contributed by atoms with Gasteiger partial charge in [0.2, 0.25) is 11.8 Å². The minimum atomic E-state index is -0.444. The lowest BCUT2D eigenvalue weighted by molar-refractivity contribution is 0.493. The zero-order valence-electron chi connectivity index (χ0n) is 15.4. The van der Waals surface area contributed by atoms with Gasteiger partial charge in [-0.25, -0.2) is 4.39 Å². The van der Waals surface area contributed by atoms with Crippen LogP contribution in [-0.4, -0.2) is 10.2 Å². The molecule has 146 valence electrons. The van der Waals surface area contributed by atoms with Crippen LogP contribution in [0.1, 0.15) is 23.1 Å². The van der Waals surface area contributed by atoms with Gasteiger partial charge in [-0.05, 0) is 60.5 Å². The lowest BCUT2D eigenvalue weighted by Crippen LogP contribution is -2.13. The number of aryl methyl sites for hydroxylation is 1. The van der Waals surface area contributed by atoms with Crippen molar-refractivity contribution in [2.45, 2.75) is 13.0 Å². The third-order valence-corrected chi connectivity index (χ3v) is 5.10. The largest absolute Gasteiger partial charge is 0.418 e. The summed E-state index contributed by atoms with van der Waals surface area (Å²) in [7, 11) is 0. The number of anilines is 1. The maximum atomic E-state index is 13.6. The molecular weight excluding hydrogens is 412 g/mol. The fourth-order valence-corrected chi connectivity index (χ4v) is 3.19. The van der Waals surface area contributed by atoms with Crippen molar-refractivity contribution in [3.05, 3.63) is 99.6 Å². The number of nitrogens with zero attached hydrogens (tertiary/aromatic N) is 2. The lowest BCUT2D eigenvalue weighted by atomic mass is 10.1. The highest BCUT2D eigenvalue weighted by molar-refractivity contribution is 6.31. The zero-order valence-corrected chi connectivity index (χ0v) is 16.9. The van der Waals surface area contributed by atoms with Crippen LogP contribution in [0.2, 0.25) is 10.0 Å². The van der Waals surface area contributed by atoms with E-state index in [9.17, 15) is 4.39 Å². The summed E-state index contributed by atoms with van der Waals surface area (Å²) in [5, 5.41) is 12.9. The molecule has 7 heteroatoms. The highest BCUT2D eigenvalue weighted by Gasteiger charge is 2.22. The molecule has 29 heavy (non-hydrogen) atoms. The predicted molar refractivity (Wildman–Crippen MR) is 113 cm³/mol. The summed E-state index contributed by atoms with van der Waals surface area (Å²) in [6.07, 6.45) is 0. The number of aromatic nitrogens is 2. The molecule has 0 saturated heterocycles. The van der Waals surface area contributed by atoms with Gasteiger partial charge in [-0.3, -0.25) is 0 Å². The molecule has 0 amide bonds. The van der Waals surface area contributed by atoms with Crippen molar-refractivity contribution in [3.63, 3.8) is 0 Å². The molecule has 4 rings (SSSR count). The van der Waals surface area contributed by atoms with Gasteiger partial charge in [-0.1, -0.05) is 47.5 Å². The number of rotatable bonds is 5. The second-order valence-electron chi connectivity index (χ2n) is 6.55. The number of halogens is 3. The quantitative estimate of drug-likeness (QED) is 0.385. The Morgan fingerprint density at radius 3 is 2.48 bits per heavy atom. The summed E-state index contributed by atoms with van der Waals surface area (Å²) in [5.41, 5.74) is 3.16. The molecule has 3 aromatic carbocycles. The van der Waals surface area contributed by atoms with E-state index < -0.39 is 6.04 Å². The van der Waals surface area contributed by atoms with E-state index in [2.05, 4.69) is 15.5 Å². The standard InChI is InChI=1S/C22H16Cl2FN3O/c1-13-5-10-18(12-19(13)24)26-20(14-6-8-16(23)9-7-14)22-28-27-21(29-22)15-3-2-4-17(25)11-15/h2-12,20,26H,1H3/t20-/m0/s1. The number of benzene rings is 3. The molecule has 0 saturated carbocycles. The molecule has 0 unspecified atom stereocenters. The van der Waals surface area contributed by atoms with Crippen LogP contribution in [0.3, 0.4) is 0 Å². The predicted octanol–water partition coefficient (Wildman–Crippen LogP) is 6.69. The molecule has 1 aromatic heterocycles. The first-order valence-electron chi connectivity index (χ1n) is 8.87. The number of nitrogens with one attached hydrogen (secondary N) is 1. The summed E-state index contributed by atoms with van der Waals surface area (Å²) in [6.45, 7) is 1.94. The van der Waals surface area contributed by atoms with Crippen LogP contribution in [0.4, 0.5) is 10.1 Å². The first kappa shape index (κ1) is 19.4. The minimum Gasteiger partial charge on any atom is -0.418 e. The number of hydrogen-bond donors (Lipinski definition) is 1. The van der Waals surface area contributed by atoms with E-state index in [4.69, 9.17) is 27.6 Å². The Morgan fingerprint density at radius 1 is 0.966 bits per heavy atom. The topological polar surface area (TPSA) is 51.0 Å². The fourth-order valence-electron chi connectivity index (χ4n) is 2.88. The van der Waals surface area contributed by atoms with Crippen molar-refractivity contribution in [1.29, 1.82) is 0 Å². The SMILES string of the molecule is Cc1ccc(N[C@@H](c2ccc(Cl)cc2)c2nnc(-c3cccc(F)c3)o2)cc1Cl. The summed E-state index contributed by atoms with van der Waals surface area (Å²) in [6, 6.07) is 18.6. The van der Waals surface area contributed by atoms with Gasteiger partial charge >= 0.3 is 0 Å². The molecule has 0 radical (unpaired) electrons. The van der Waals surface area contributed by atoms with E-state index in [0.717, 1.165) is 16.8 Å². The van der Waals surface area contributed by atoms with Gasteiger partial charge in [0.15, 0.2) is 0 Å². The molecule has 0 fully saturated rings. The zero-order chi connectivity index (χ0) is 20.4. The highest BCUT2D eigenvalue weighted by atomic mass is 35.5. The van der Waals surface area contributed by atoms with E-state index in [0.29, 0.717) is 21.5 Å². The van der Waals surface area contributed by atoms with E-state index >= 15 is 0 Å². The Labute approximate surface area is 177 Å². The van der Waals surface area contributed by atoms with E-state index in [1.54, 1.807) is 24.3 Å². The maximum absolute atomic E-state index is 13.6. The van der Waals surface area contributed by atoms with Crippen LogP contribution in [-0.2, 0) is 0 Å². The summed E-state index contributed by atoms with van der Waals surface area (Å²) in [5.74, 6) is 0.203. The van der Waals surface area contributed by atoms with Gasteiger partial charge in [0.05, 0.1) is 0 Å². The van der Waals surface area contributed by atoms with Gasteiger partial charge in [0.25, 0.3) is 0 Å². The summed E-state index contributed by atoms with van der Waals surface area (Å²) < 4.78 is 19.4. The van der Waals surface area contributed by atoms with Crippen molar-refractivity contribution in [2.75, 3.05) is 5.32 Å². The maximum Gasteiger partial charge on any atom is 0.247 e. The smallest absolute Gasteiger partial charge is 0.247 e. The Balaban J connectivity index is 1.72. The monoisotopic (exact) mass is 427 g/mol. The average molecular weight is 428 g/mol.